The first-order chi connectivity index (χ1) is 9.97. The van der Waals surface area contributed by atoms with Crippen molar-refractivity contribution in [2.24, 2.45) is 0 Å². The maximum atomic E-state index is 12.1. The highest BCUT2D eigenvalue weighted by Gasteiger charge is 2.17. The summed E-state index contributed by atoms with van der Waals surface area (Å²) in [5.41, 5.74) is 0.958. The molecule has 0 amide bonds. The predicted molar refractivity (Wildman–Crippen MR) is 82.9 cm³/mol. The van der Waals surface area contributed by atoms with Crippen molar-refractivity contribution in [3.63, 3.8) is 0 Å². The van der Waals surface area contributed by atoms with Gasteiger partial charge in [-0.3, -0.25) is 0 Å². The van der Waals surface area contributed by atoms with Crippen molar-refractivity contribution in [1.82, 2.24) is 9.19 Å². The van der Waals surface area contributed by atoms with Gasteiger partial charge in [-0.2, -0.15) is 0 Å². The Hall–Kier alpha value is -1.66. The molecule has 0 atom stereocenters. The fourth-order valence-electron chi connectivity index (χ4n) is 1.70. The summed E-state index contributed by atoms with van der Waals surface area (Å²) >= 11 is 10.2. The molecule has 0 N–H and O–H groups in total. The van der Waals surface area contributed by atoms with Crippen LogP contribution in [-0.4, -0.2) is 21.3 Å². The number of halogens is 1. The molecule has 2 aromatic rings. The second-order valence-electron chi connectivity index (χ2n) is 4.58. The molecule has 0 fully saturated rings. The molecule has 0 unspecified atom stereocenters. The summed E-state index contributed by atoms with van der Waals surface area (Å²) in [4.78, 5) is 12.1. The first-order valence-corrected chi connectivity index (χ1v) is 7.11. The van der Waals surface area contributed by atoms with Crippen molar-refractivity contribution in [2.75, 3.05) is 0 Å². The van der Waals surface area contributed by atoms with Gasteiger partial charge in [-0.15, -0.1) is 5.10 Å². The second-order valence-corrected chi connectivity index (χ2v) is 5.40. The third kappa shape index (κ3) is 4.15. The van der Waals surface area contributed by atoms with Crippen LogP contribution in [0.1, 0.15) is 29.8 Å². The largest absolute Gasteiger partial charge is 0.472 e. The zero-order valence-electron chi connectivity index (χ0n) is 11.6. The molecule has 1 aromatic carbocycles. The Morgan fingerprint density at radius 3 is 2.81 bits per heavy atom. The molecule has 0 bridgehead atoms. The van der Waals surface area contributed by atoms with E-state index >= 15 is 0 Å². The molecule has 0 spiro atoms. The lowest BCUT2D eigenvalue weighted by Crippen LogP contribution is -2.14. The van der Waals surface area contributed by atoms with Crippen molar-refractivity contribution >= 4 is 30.4 Å². The number of ether oxygens (including phenoxy) is 2. The smallest absolute Gasteiger partial charge is 0.338 e. The Labute approximate surface area is 133 Å². The van der Waals surface area contributed by atoms with E-state index in [1.54, 1.807) is 44.3 Å². The van der Waals surface area contributed by atoms with E-state index in [1.165, 1.54) is 4.09 Å². The van der Waals surface area contributed by atoms with Crippen molar-refractivity contribution in [3.05, 3.63) is 46.6 Å². The maximum Gasteiger partial charge on any atom is 0.338 e. The van der Waals surface area contributed by atoms with Gasteiger partial charge in [0.1, 0.15) is 6.61 Å². The van der Waals surface area contributed by atoms with Gasteiger partial charge in [0.2, 0.25) is 5.88 Å². The topological polar surface area (TPSA) is 53.4 Å². The molecule has 7 heteroatoms. The molecular weight excluding hydrogens is 312 g/mol. The molecule has 0 saturated heterocycles. The molecule has 1 aromatic heterocycles. The van der Waals surface area contributed by atoms with Crippen LogP contribution in [0.2, 0.25) is 5.02 Å². The number of hydrogen-bond donors (Lipinski definition) is 1. The summed E-state index contributed by atoms with van der Waals surface area (Å²) in [6, 6.07) is 6.72. The summed E-state index contributed by atoms with van der Waals surface area (Å²) < 4.78 is 12.0. The van der Waals surface area contributed by atoms with Crippen LogP contribution >= 0.6 is 24.4 Å². The van der Waals surface area contributed by atoms with Crippen LogP contribution in [0.3, 0.4) is 0 Å². The quantitative estimate of drug-likeness (QED) is 0.676. The van der Waals surface area contributed by atoms with Gasteiger partial charge in [-0.25, -0.2) is 8.88 Å². The highest BCUT2D eigenvalue weighted by molar-refractivity contribution is 7.78. The number of nitrogens with zero attached hydrogens (tertiary/aromatic N) is 2. The highest BCUT2D eigenvalue weighted by atomic mass is 35.5. The summed E-state index contributed by atoms with van der Waals surface area (Å²) in [5, 5.41) is 4.42. The highest BCUT2D eigenvalue weighted by Crippen LogP contribution is 2.23. The fraction of sp³-hybridized carbons (Fsp3) is 0.286. The first-order valence-electron chi connectivity index (χ1n) is 6.33. The van der Waals surface area contributed by atoms with E-state index < -0.39 is 5.97 Å². The minimum absolute atomic E-state index is 0.118. The number of esters is 1. The summed E-state index contributed by atoms with van der Waals surface area (Å²) in [5.74, 6) is -0.0288. The molecule has 0 aliphatic rings. The van der Waals surface area contributed by atoms with E-state index in [0.717, 1.165) is 0 Å². The summed E-state index contributed by atoms with van der Waals surface area (Å²) in [6.45, 7) is 3.70. The van der Waals surface area contributed by atoms with Crippen molar-refractivity contribution in [3.8, 4) is 5.88 Å². The average molecular weight is 327 g/mol. The van der Waals surface area contributed by atoms with Crippen LogP contribution in [0, 0.1) is 0 Å². The Balaban J connectivity index is 2.19. The fourth-order valence-corrected chi connectivity index (χ4v) is 2.08. The molecular formula is C14H15ClN2O3S. The normalized spacial score (nSPS) is 10.7. The number of carbonyl (C=O) groups is 1. The molecule has 0 aliphatic heterocycles. The number of aromatic nitrogens is 2. The monoisotopic (exact) mass is 326 g/mol. The van der Waals surface area contributed by atoms with E-state index in [1.807, 2.05) is 0 Å². The van der Waals surface area contributed by atoms with Gasteiger partial charge >= 0.3 is 5.97 Å². The number of benzene rings is 1. The zero-order valence-corrected chi connectivity index (χ0v) is 13.3. The molecule has 5 nitrogen and oxygen atoms in total. The third-order valence-corrected chi connectivity index (χ3v) is 3.17. The minimum Gasteiger partial charge on any atom is -0.472 e. The summed E-state index contributed by atoms with van der Waals surface area (Å²) in [6.07, 6.45) is 1.43. The number of hydrogen-bond acceptors (Lipinski definition) is 5. The van der Waals surface area contributed by atoms with Crippen LogP contribution < -0.4 is 4.74 Å². The van der Waals surface area contributed by atoms with Crippen LogP contribution in [0.5, 0.6) is 5.88 Å². The van der Waals surface area contributed by atoms with Gasteiger partial charge in [0, 0.05) is 22.8 Å². The average Bonchev–Trinajstić information content (AvgIpc) is 2.82. The third-order valence-electron chi connectivity index (χ3n) is 2.60. The molecule has 2 rings (SSSR count). The lowest BCUT2D eigenvalue weighted by Gasteiger charge is -2.13. The molecule has 1 heterocycles. The summed E-state index contributed by atoms with van der Waals surface area (Å²) in [7, 11) is 0. The Bertz CT molecular complexity index is 643. The van der Waals surface area contributed by atoms with Crippen LogP contribution in [-0.2, 0) is 11.3 Å². The zero-order chi connectivity index (χ0) is 15.4. The molecule has 0 radical (unpaired) electrons. The van der Waals surface area contributed by atoms with E-state index in [-0.39, 0.29) is 12.7 Å². The van der Waals surface area contributed by atoms with Gasteiger partial charge in [0.15, 0.2) is 0 Å². The van der Waals surface area contributed by atoms with Gasteiger partial charge in [0.05, 0.1) is 11.7 Å². The minimum atomic E-state index is -0.425. The van der Waals surface area contributed by atoms with Gasteiger partial charge in [-0.05, 0) is 38.8 Å². The predicted octanol–water partition coefficient (Wildman–Crippen LogP) is 3.37. The second kappa shape index (κ2) is 6.87. The maximum absolute atomic E-state index is 12.1. The lowest BCUT2D eigenvalue weighted by molar-refractivity contribution is 0.0375. The number of thiol groups is 1. The van der Waals surface area contributed by atoms with E-state index in [0.29, 0.717) is 22.0 Å². The van der Waals surface area contributed by atoms with E-state index in [4.69, 9.17) is 21.1 Å². The van der Waals surface area contributed by atoms with Crippen LogP contribution in [0.15, 0.2) is 30.5 Å². The molecule has 112 valence electrons. The van der Waals surface area contributed by atoms with E-state index in [9.17, 15) is 4.79 Å². The lowest BCUT2D eigenvalue weighted by atomic mass is 10.1. The molecule has 0 aliphatic carbocycles. The standard InChI is InChI=1S/C14H15ClN2O3S/c1-9(2)20-14(18)10-4-3-5-12(15)11(10)8-19-13-6-7-17(21)16-13/h3-7,9,21H,8H2,1-2H3. The Morgan fingerprint density at radius 1 is 1.43 bits per heavy atom. The number of carbonyl (C=O) groups excluding carboxylic acids is 1. The Kier molecular flexibility index (Phi) is 5.14. The van der Waals surface area contributed by atoms with Crippen molar-refractivity contribution in [2.45, 2.75) is 26.6 Å². The molecule has 21 heavy (non-hydrogen) atoms. The molecule has 0 saturated carbocycles. The van der Waals surface area contributed by atoms with Crippen molar-refractivity contribution in [1.29, 1.82) is 0 Å². The van der Waals surface area contributed by atoms with Crippen LogP contribution in [0.4, 0.5) is 0 Å². The Morgan fingerprint density at radius 2 is 2.19 bits per heavy atom. The van der Waals surface area contributed by atoms with Crippen LogP contribution in [0.25, 0.3) is 0 Å². The SMILES string of the molecule is CC(C)OC(=O)c1cccc(Cl)c1COc1ccn(S)n1. The van der Waals surface area contributed by atoms with E-state index in [2.05, 4.69) is 17.9 Å². The van der Waals surface area contributed by atoms with Crippen molar-refractivity contribution < 1.29 is 14.3 Å². The van der Waals surface area contributed by atoms with Gasteiger partial charge < -0.3 is 9.47 Å². The van der Waals surface area contributed by atoms with Gasteiger partial charge in [0.25, 0.3) is 0 Å². The van der Waals surface area contributed by atoms with Gasteiger partial charge in [-0.1, -0.05) is 17.7 Å². The number of rotatable bonds is 5. The first kappa shape index (κ1) is 15.7.